The third kappa shape index (κ3) is 6.74. The lowest BCUT2D eigenvalue weighted by atomic mass is 9.81. The molecule has 0 fully saturated rings. The summed E-state index contributed by atoms with van der Waals surface area (Å²) in [4.78, 5) is 2.40. The highest BCUT2D eigenvalue weighted by Crippen LogP contribution is 2.52. The number of hydrogen-bond donors (Lipinski definition) is 0. The van der Waals surface area contributed by atoms with Gasteiger partial charge in [0.25, 0.3) is 0 Å². The van der Waals surface area contributed by atoms with Crippen molar-refractivity contribution in [2.45, 2.75) is 19.3 Å². The van der Waals surface area contributed by atoms with Crippen LogP contribution in [0.15, 0.2) is 241 Å². The Kier molecular flexibility index (Phi) is 9.21. The van der Waals surface area contributed by atoms with Crippen molar-refractivity contribution in [1.82, 2.24) is 0 Å². The Morgan fingerprint density at radius 3 is 1.40 bits per heavy atom. The first-order valence-corrected chi connectivity index (χ1v) is 22.5. The van der Waals surface area contributed by atoms with Gasteiger partial charge in [-0.3, -0.25) is 0 Å². The zero-order valence-electron chi connectivity index (χ0n) is 36.4. The second-order valence-electron chi connectivity index (χ2n) is 17.7. The Balaban J connectivity index is 0.915. The molecule has 0 saturated heterocycles. The number of rotatable bonds is 8. The highest BCUT2D eigenvalue weighted by molar-refractivity contribution is 6.09. The van der Waals surface area contributed by atoms with Crippen LogP contribution >= 0.6 is 0 Å². The average Bonchev–Trinajstić information content (AvgIpc) is 3.86. The van der Waals surface area contributed by atoms with Crippen molar-refractivity contribution in [3.63, 3.8) is 0 Å². The van der Waals surface area contributed by atoms with Gasteiger partial charge in [-0.2, -0.15) is 0 Å². The summed E-state index contributed by atoms with van der Waals surface area (Å²) in [5.41, 5.74) is 22.1. The number of nitrogens with zero attached hydrogens (tertiary/aromatic N) is 1. The summed E-state index contributed by atoms with van der Waals surface area (Å²) < 4.78 is 6.44. The average molecular weight is 832 g/mol. The standard InChI is InChI=1S/C63H45NO/c1-63(2)59-40-49(43-15-7-4-8-16-43)31-37-55(59)56-38-36-53(41-60(56)63)64(51-32-27-46(28-33-51)45-25-23-44(24-26-45)42-13-5-3-6-14-42)52-34-29-47(30-35-52)48-17-11-18-50(39-48)54-20-12-21-58-57-19-9-10-22-61(57)65-62(54)58/h3-41H,1-2H3. The quantitative estimate of drug-likeness (QED) is 0.152. The van der Waals surface area contributed by atoms with Gasteiger partial charge in [-0.1, -0.05) is 196 Å². The molecule has 11 aromatic rings. The van der Waals surface area contributed by atoms with Crippen LogP contribution in [0, 0.1) is 0 Å². The highest BCUT2D eigenvalue weighted by Gasteiger charge is 2.36. The third-order valence-corrected chi connectivity index (χ3v) is 13.5. The summed E-state index contributed by atoms with van der Waals surface area (Å²) in [6.45, 7) is 4.74. The zero-order chi connectivity index (χ0) is 43.5. The molecule has 12 rings (SSSR count). The maximum Gasteiger partial charge on any atom is 0.143 e. The Hall–Kier alpha value is -8.20. The van der Waals surface area contributed by atoms with E-state index in [1.54, 1.807) is 0 Å². The van der Waals surface area contributed by atoms with Gasteiger partial charge < -0.3 is 9.32 Å². The third-order valence-electron chi connectivity index (χ3n) is 13.5. The van der Waals surface area contributed by atoms with Crippen LogP contribution in [-0.2, 0) is 5.41 Å². The molecule has 0 bridgehead atoms. The van der Waals surface area contributed by atoms with Crippen LogP contribution in [0.2, 0.25) is 0 Å². The molecule has 1 aliphatic rings. The molecule has 0 N–H and O–H groups in total. The minimum absolute atomic E-state index is 0.186. The van der Waals surface area contributed by atoms with Crippen LogP contribution in [0.1, 0.15) is 25.0 Å². The van der Waals surface area contributed by atoms with Crippen molar-refractivity contribution < 1.29 is 4.42 Å². The molecular weight excluding hydrogens is 787 g/mol. The molecule has 0 atom stereocenters. The molecule has 10 aromatic carbocycles. The molecule has 0 aliphatic heterocycles. The van der Waals surface area contributed by atoms with Gasteiger partial charge in [0.05, 0.1) is 0 Å². The minimum Gasteiger partial charge on any atom is -0.455 e. The summed E-state index contributed by atoms with van der Waals surface area (Å²) in [6.07, 6.45) is 0. The van der Waals surface area contributed by atoms with Crippen LogP contribution in [0.25, 0.3) is 88.7 Å². The van der Waals surface area contributed by atoms with Crippen LogP contribution in [0.3, 0.4) is 0 Å². The fraction of sp³-hybridized carbons (Fsp3) is 0.0476. The molecule has 1 aromatic heterocycles. The maximum atomic E-state index is 6.44. The van der Waals surface area contributed by atoms with E-state index in [1.807, 2.05) is 12.1 Å². The van der Waals surface area contributed by atoms with Gasteiger partial charge in [-0.25, -0.2) is 0 Å². The summed E-state index contributed by atoms with van der Waals surface area (Å²) in [6, 6.07) is 85.8. The van der Waals surface area contributed by atoms with Gasteiger partial charge in [0.15, 0.2) is 0 Å². The molecule has 2 heteroatoms. The Morgan fingerprint density at radius 2 is 0.738 bits per heavy atom. The van der Waals surface area contributed by atoms with Crippen LogP contribution in [0.5, 0.6) is 0 Å². The van der Waals surface area contributed by atoms with Crippen molar-refractivity contribution >= 4 is 39.0 Å². The van der Waals surface area contributed by atoms with E-state index in [4.69, 9.17) is 4.42 Å². The zero-order valence-corrected chi connectivity index (χ0v) is 36.4. The molecule has 0 spiro atoms. The fourth-order valence-electron chi connectivity index (χ4n) is 10.1. The summed E-state index contributed by atoms with van der Waals surface area (Å²) in [5, 5.41) is 2.28. The monoisotopic (exact) mass is 831 g/mol. The van der Waals surface area contributed by atoms with Crippen molar-refractivity contribution in [2.75, 3.05) is 4.90 Å². The van der Waals surface area contributed by atoms with E-state index in [9.17, 15) is 0 Å². The second-order valence-corrected chi connectivity index (χ2v) is 17.7. The lowest BCUT2D eigenvalue weighted by Gasteiger charge is -2.28. The molecule has 2 nitrogen and oxygen atoms in total. The van der Waals surface area contributed by atoms with Gasteiger partial charge in [-0.15, -0.1) is 0 Å². The van der Waals surface area contributed by atoms with E-state index in [1.165, 1.54) is 55.6 Å². The van der Waals surface area contributed by atoms with Gasteiger partial charge in [-0.05, 0) is 127 Å². The largest absolute Gasteiger partial charge is 0.455 e. The molecule has 0 amide bonds. The lowest BCUT2D eigenvalue weighted by molar-refractivity contribution is 0.660. The molecule has 0 radical (unpaired) electrons. The second kappa shape index (κ2) is 15.6. The first kappa shape index (κ1) is 38.5. The number of hydrogen-bond acceptors (Lipinski definition) is 2. The van der Waals surface area contributed by atoms with E-state index in [0.29, 0.717) is 0 Å². The number of furan rings is 1. The van der Waals surface area contributed by atoms with E-state index in [0.717, 1.165) is 61.3 Å². The summed E-state index contributed by atoms with van der Waals surface area (Å²) in [5.74, 6) is 0. The SMILES string of the molecule is CC1(C)c2cc(-c3ccccc3)ccc2-c2ccc(N(c3ccc(-c4ccc(-c5ccccc5)cc4)cc3)c3ccc(-c4cccc(-c5cccc6c5oc5ccccc56)c4)cc3)cc21. The van der Waals surface area contributed by atoms with Crippen LogP contribution < -0.4 is 4.90 Å². The van der Waals surface area contributed by atoms with Crippen molar-refractivity contribution in [3.05, 3.63) is 248 Å². The van der Waals surface area contributed by atoms with E-state index in [-0.39, 0.29) is 5.41 Å². The minimum atomic E-state index is -0.186. The molecule has 1 aliphatic carbocycles. The first-order valence-electron chi connectivity index (χ1n) is 22.5. The molecule has 65 heavy (non-hydrogen) atoms. The number of benzene rings is 10. The maximum absolute atomic E-state index is 6.44. The first-order chi connectivity index (χ1) is 32.0. The number of para-hydroxylation sites is 2. The predicted octanol–water partition coefficient (Wildman–Crippen LogP) is 17.7. The predicted molar refractivity (Wildman–Crippen MR) is 273 cm³/mol. The van der Waals surface area contributed by atoms with Gasteiger partial charge in [0.2, 0.25) is 0 Å². The molecule has 1 heterocycles. The van der Waals surface area contributed by atoms with E-state index >= 15 is 0 Å². The molecule has 0 unspecified atom stereocenters. The fourth-order valence-corrected chi connectivity index (χ4v) is 10.1. The smallest absolute Gasteiger partial charge is 0.143 e. The van der Waals surface area contributed by atoms with Gasteiger partial charge in [0, 0.05) is 38.8 Å². The van der Waals surface area contributed by atoms with Crippen LogP contribution in [0.4, 0.5) is 17.1 Å². The van der Waals surface area contributed by atoms with Crippen molar-refractivity contribution in [3.8, 4) is 66.8 Å². The van der Waals surface area contributed by atoms with E-state index in [2.05, 4.69) is 243 Å². The highest BCUT2D eigenvalue weighted by atomic mass is 16.3. The molecule has 308 valence electrons. The Morgan fingerprint density at radius 1 is 0.308 bits per heavy atom. The Bertz CT molecular complexity index is 3530. The van der Waals surface area contributed by atoms with Crippen molar-refractivity contribution in [2.24, 2.45) is 0 Å². The molecule has 0 saturated carbocycles. The molecular formula is C63H45NO. The van der Waals surface area contributed by atoms with Gasteiger partial charge in [0.1, 0.15) is 11.2 Å². The Labute approximate surface area is 380 Å². The van der Waals surface area contributed by atoms with E-state index < -0.39 is 0 Å². The topological polar surface area (TPSA) is 16.4 Å². The summed E-state index contributed by atoms with van der Waals surface area (Å²) in [7, 11) is 0. The van der Waals surface area contributed by atoms with Crippen LogP contribution in [-0.4, -0.2) is 0 Å². The summed E-state index contributed by atoms with van der Waals surface area (Å²) >= 11 is 0. The lowest BCUT2D eigenvalue weighted by Crippen LogP contribution is -2.16. The van der Waals surface area contributed by atoms with Gasteiger partial charge >= 0.3 is 0 Å². The normalized spacial score (nSPS) is 12.6. The number of anilines is 3. The van der Waals surface area contributed by atoms with Crippen molar-refractivity contribution in [1.29, 1.82) is 0 Å². The number of fused-ring (bicyclic) bond motifs is 6.